The molecule has 14 heteroatoms. The van der Waals surface area contributed by atoms with Gasteiger partial charge in [0.05, 0.1) is 18.2 Å². The first-order valence-corrected chi connectivity index (χ1v) is 14.0. The van der Waals surface area contributed by atoms with Gasteiger partial charge in [-0.2, -0.15) is 18.3 Å². The number of aryl methyl sites for hydroxylation is 1. The Morgan fingerprint density at radius 1 is 1.23 bits per heavy atom. The van der Waals surface area contributed by atoms with E-state index in [4.69, 9.17) is 16.3 Å². The van der Waals surface area contributed by atoms with Crippen LogP contribution in [0.25, 0.3) is 0 Å². The van der Waals surface area contributed by atoms with E-state index >= 15 is 0 Å². The van der Waals surface area contributed by atoms with Crippen molar-refractivity contribution in [3.8, 4) is 5.75 Å². The molecule has 1 aliphatic heterocycles. The number of nitrogens with zero attached hydrogens (tertiary/aromatic N) is 3. The van der Waals surface area contributed by atoms with E-state index in [1.807, 2.05) is 0 Å². The van der Waals surface area contributed by atoms with Crippen LogP contribution in [0.15, 0.2) is 29.3 Å². The van der Waals surface area contributed by atoms with Crippen LogP contribution in [0.4, 0.5) is 18.9 Å². The summed E-state index contributed by atoms with van der Waals surface area (Å²) in [4.78, 5) is 23.7. The summed E-state index contributed by atoms with van der Waals surface area (Å²) in [5.74, 6) is -0.996. The molecule has 39 heavy (non-hydrogen) atoms. The molecule has 3 rings (SSSR count). The molecule has 1 aliphatic rings. The summed E-state index contributed by atoms with van der Waals surface area (Å²) in [5.41, 5.74) is -3.27. The first-order valence-electron chi connectivity index (χ1n) is 12.1. The molecule has 0 bridgehead atoms. The largest absolute Gasteiger partial charge is 0.486 e. The van der Waals surface area contributed by atoms with Crippen LogP contribution in [0.1, 0.15) is 53.5 Å². The second kappa shape index (κ2) is 10.6. The van der Waals surface area contributed by atoms with Crippen LogP contribution in [-0.2, 0) is 37.3 Å². The summed E-state index contributed by atoms with van der Waals surface area (Å²) in [6.45, 7) is 8.60. The number of benzene rings is 1. The minimum Gasteiger partial charge on any atom is -0.486 e. The molecule has 0 saturated carbocycles. The molecule has 216 valence electrons. The molecule has 0 unspecified atom stereocenters. The molecular weight excluding hydrogens is 563 g/mol. The fourth-order valence-electron chi connectivity index (χ4n) is 4.07. The maximum absolute atomic E-state index is 14.0. The third-order valence-electron chi connectivity index (χ3n) is 6.44. The van der Waals surface area contributed by atoms with Crippen LogP contribution < -0.4 is 9.04 Å². The van der Waals surface area contributed by atoms with Gasteiger partial charge in [0.1, 0.15) is 23.0 Å². The fourth-order valence-corrected chi connectivity index (χ4v) is 6.20. The van der Waals surface area contributed by atoms with Gasteiger partial charge >= 0.3 is 12.1 Å². The number of carbonyl (C=O) groups is 2. The van der Waals surface area contributed by atoms with Gasteiger partial charge in [-0.05, 0) is 51.8 Å². The Morgan fingerprint density at radius 3 is 2.41 bits per heavy atom. The normalized spacial score (nSPS) is 18.4. The second-order valence-corrected chi connectivity index (χ2v) is 12.8. The summed E-state index contributed by atoms with van der Waals surface area (Å²) in [7, 11) is -4.35. The Hall–Kier alpha value is -2.80. The van der Waals surface area contributed by atoms with Gasteiger partial charge in [0.2, 0.25) is 5.60 Å². The highest BCUT2D eigenvalue weighted by Gasteiger charge is 2.51. The van der Waals surface area contributed by atoms with E-state index in [2.05, 4.69) is 9.84 Å². The van der Waals surface area contributed by atoms with E-state index in [9.17, 15) is 31.2 Å². The van der Waals surface area contributed by atoms with Crippen molar-refractivity contribution in [3.63, 3.8) is 0 Å². The highest BCUT2D eigenvalue weighted by atomic mass is 35.5. The van der Waals surface area contributed by atoms with E-state index < -0.39 is 51.8 Å². The lowest BCUT2D eigenvalue weighted by Gasteiger charge is -2.42. The van der Waals surface area contributed by atoms with Crippen molar-refractivity contribution in [1.82, 2.24) is 9.78 Å². The van der Waals surface area contributed by atoms with Crippen molar-refractivity contribution in [2.45, 2.75) is 89.7 Å². The minimum atomic E-state index is -4.78. The third kappa shape index (κ3) is 6.34. The Labute approximate surface area is 230 Å². The van der Waals surface area contributed by atoms with Crippen molar-refractivity contribution in [3.05, 3.63) is 35.1 Å². The monoisotopic (exact) mass is 593 g/mol. The number of aromatic nitrogens is 2. The van der Waals surface area contributed by atoms with E-state index in [-0.39, 0.29) is 33.5 Å². The van der Waals surface area contributed by atoms with Crippen LogP contribution in [0, 0.1) is 5.41 Å². The molecule has 1 aromatic carbocycles. The number of hydrogen-bond acceptors (Lipinski definition) is 7. The topological polar surface area (TPSA) is 108 Å². The SMILES string of the molecule is CCn1cc(S(=O)(=O)N2c3cc(CC(=O)OC(C)(C)C(F)(F)F)ccc3O[C@@H](CC(C)(C)C=O)[C@H]2C)c(Cl)n1. The standard InChI is InChI=1S/C25H31ClF3N3O6S/c1-7-31-13-20(22(26)30-31)39(35,36)32-15(2)19(12-23(3,4)14-33)37-18-9-8-16(10-17(18)32)11-21(34)38-24(5,6)25(27,28)29/h8-10,13-15,19H,7,11-12H2,1-6H3/t15-,19+/m1/s1. The molecule has 2 atom stereocenters. The Morgan fingerprint density at radius 2 is 1.87 bits per heavy atom. The summed E-state index contributed by atoms with van der Waals surface area (Å²) < 4.78 is 80.7. The number of rotatable bonds is 9. The maximum atomic E-state index is 14.0. The molecule has 0 fully saturated rings. The molecule has 2 heterocycles. The number of alkyl halides is 3. The van der Waals surface area contributed by atoms with Crippen LogP contribution in [-0.4, -0.2) is 54.4 Å². The number of hydrogen-bond donors (Lipinski definition) is 0. The number of sulfonamides is 1. The van der Waals surface area contributed by atoms with Crippen LogP contribution in [0.3, 0.4) is 0 Å². The van der Waals surface area contributed by atoms with Crippen molar-refractivity contribution in [2.24, 2.45) is 5.41 Å². The van der Waals surface area contributed by atoms with E-state index in [0.29, 0.717) is 6.54 Å². The highest BCUT2D eigenvalue weighted by Crippen LogP contribution is 2.43. The van der Waals surface area contributed by atoms with Gasteiger partial charge in [-0.1, -0.05) is 31.5 Å². The highest BCUT2D eigenvalue weighted by molar-refractivity contribution is 7.93. The lowest BCUT2D eigenvalue weighted by atomic mass is 9.86. The number of esters is 1. The first-order chi connectivity index (χ1) is 17.8. The molecule has 0 saturated heterocycles. The zero-order valence-corrected chi connectivity index (χ0v) is 23.9. The summed E-state index contributed by atoms with van der Waals surface area (Å²) in [6, 6.07) is 3.38. The van der Waals surface area contributed by atoms with Crippen molar-refractivity contribution in [2.75, 3.05) is 4.31 Å². The average Bonchev–Trinajstić information content (AvgIpc) is 3.20. The summed E-state index contributed by atoms with van der Waals surface area (Å²) in [6.07, 6.45) is -3.83. The first kappa shape index (κ1) is 30.7. The summed E-state index contributed by atoms with van der Waals surface area (Å²) in [5, 5.41) is 3.78. The quantitative estimate of drug-likeness (QED) is 0.299. The van der Waals surface area contributed by atoms with Crippen molar-refractivity contribution in [1.29, 1.82) is 0 Å². The minimum absolute atomic E-state index is 0.0587. The lowest BCUT2D eigenvalue weighted by Crippen LogP contribution is -2.52. The Kier molecular flexibility index (Phi) is 8.39. The Balaban J connectivity index is 2.07. The van der Waals surface area contributed by atoms with Crippen molar-refractivity contribution >= 4 is 39.6 Å². The van der Waals surface area contributed by atoms with E-state index in [0.717, 1.165) is 24.4 Å². The summed E-state index contributed by atoms with van der Waals surface area (Å²) >= 11 is 6.20. The maximum Gasteiger partial charge on any atom is 0.427 e. The average molecular weight is 594 g/mol. The van der Waals surface area contributed by atoms with Crippen molar-refractivity contribution < 1.29 is 40.7 Å². The fraction of sp³-hybridized carbons (Fsp3) is 0.560. The van der Waals surface area contributed by atoms with Gasteiger partial charge in [0.25, 0.3) is 10.0 Å². The molecular formula is C25H31ClF3N3O6S. The second-order valence-electron chi connectivity index (χ2n) is 10.6. The van der Waals surface area contributed by atoms with Gasteiger partial charge in [0, 0.05) is 18.2 Å². The molecule has 0 amide bonds. The zero-order valence-electron chi connectivity index (χ0n) is 22.4. The number of anilines is 1. The zero-order chi connectivity index (χ0) is 29.6. The van der Waals surface area contributed by atoms with Gasteiger partial charge in [0.15, 0.2) is 5.15 Å². The molecule has 0 radical (unpaired) electrons. The number of carbonyl (C=O) groups excluding carboxylic acids is 2. The molecule has 0 spiro atoms. The third-order valence-corrected chi connectivity index (χ3v) is 8.73. The molecule has 0 aliphatic carbocycles. The molecule has 0 N–H and O–H groups in total. The molecule has 1 aromatic heterocycles. The lowest BCUT2D eigenvalue weighted by molar-refractivity contribution is -0.257. The smallest absolute Gasteiger partial charge is 0.427 e. The van der Waals surface area contributed by atoms with Gasteiger partial charge in [-0.25, -0.2) is 8.42 Å². The van der Waals surface area contributed by atoms with Gasteiger partial charge in [-0.15, -0.1) is 0 Å². The Bertz CT molecular complexity index is 1360. The number of halogens is 4. The molecule has 2 aromatic rings. The van der Waals surface area contributed by atoms with Gasteiger partial charge < -0.3 is 14.3 Å². The van der Waals surface area contributed by atoms with Crippen LogP contribution >= 0.6 is 11.6 Å². The molecule has 9 nitrogen and oxygen atoms in total. The van der Waals surface area contributed by atoms with Crippen LogP contribution in [0.2, 0.25) is 5.15 Å². The van der Waals surface area contributed by atoms with E-state index in [1.54, 1.807) is 27.7 Å². The predicted molar refractivity (Wildman–Crippen MR) is 137 cm³/mol. The van der Waals surface area contributed by atoms with E-state index in [1.165, 1.54) is 29.1 Å². The predicted octanol–water partition coefficient (Wildman–Crippen LogP) is 4.94. The number of aldehydes is 1. The number of fused-ring (bicyclic) bond motifs is 1. The van der Waals surface area contributed by atoms with Gasteiger partial charge in [-0.3, -0.25) is 13.8 Å². The number of ether oxygens (including phenoxy) is 2. The van der Waals surface area contributed by atoms with Crippen LogP contribution in [0.5, 0.6) is 5.75 Å².